The summed E-state index contributed by atoms with van der Waals surface area (Å²) < 4.78 is 54.3. The van der Waals surface area contributed by atoms with Gasteiger partial charge in [-0.3, -0.25) is 0 Å². The number of nitrogens with one attached hydrogen (secondary N) is 2. The van der Waals surface area contributed by atoms with Gasteiger partial charge in [-0.25, -0.2) is 26.3 Å². The van der Waals surface area contributed by atoms with Gasteiger partial charge in [-0.2, -0.15) is 0 Å². The van der Waals surface area contributed by atoms with Crippen molar-refractivity contribution in [1.82, 2.24) is 9.44 Å². The topological polar surface area (TPSA) is 92.3 Å². The predicted octanol–water partition coefficient (Wildman–Crippen LogP) is 2.60. The third-order valence-electron chi connectivity index (χ3n) is 4.58. The molecule has 0 aromatic heterocycles. The summed E-state index contributed by atoms with van der Waals surface area (Å²) in [6.45, 7) is 2.36. The van der Waals surface area contributed by atoms with Gasteiger partial charge in [-0.05, 0) is 55.0 Å². The van der Waals surface area contributed by atoms with Crippen LogP contribution in [0.4, 0.5) is 0 Å². The molecule has 0 amide bonds. The summed E-state index contributed by atoms with van der Waals surface area (Å²) >= 11 is 0. The Bertz CT molecular complexity index is 968. The van der Waals surface area contributed by atoms with Crippen LogP contribution in [0, 0.1) is 0 Å². The minimum atomic E-state index is -3.68. The van der Waals surface area contributed by atoms with Crippen LogP contribution in [-0.2, 0) is 20.0 Å². The van der Waals surface area contributed by atoms with Crippen molar-refractivity contribution in [3.63, 3.8) is 0 Å². The Morgan fingerprint density at radius 3 is 2.00 bits per heavy atom. The molecule has 1 atom stereocenters. The molecule has 0 saturated heterocycles. The summed E-state index contributed by atoms with van der Waals surface area (Å²) in [6, 6.07) is 15.2. The number of rotatable bonds is 9. The molecule has 2 aromatic carbocycles. The van der Waals surface area contributed by atoms with E-state index in [0.29, 0.717) is 13.0 Å². The number of hydrogen-bond donors (Lipinski definition) is 2. The molecule has 146 valence electrons. The van der Waals surface area contributed by atoms with Gasteiger partial charge in [-0.1, -0.05) is 37.3 Å². The maximum atomic E-state index is 12.4. The third kappa shape index (κ3) is 5.38. The summed E-state index contributed by atoms with van der Waals surface area (Å²) in [4.78, 5) is 0.131. The molecule has 0 aliphatic heterocycles. The Kier molecular flexibility index (Phi) is 6.00. The zero-order valence-corrected chi connectivity index (χ0v) is 16.8. The lowest BCUT2D eigenvalue weighted by Gasteiger charge is -2.13. The van der Waals surface area contributed by atoms with Crippen molar-refractivity contribution in [2.45, 2.75) is 47.9 Å². The molecule has 2 aromatic rings. The van der Waals surface area contributed by atoms with E-state index in [0.717, 1.165) is 18.4 Å². The van der Waals surface area contributed by atoms with Gasteiger partial charge in [0, 0.05) is 12.6 Å². The average Bonchev–Trinajstić information content (AvgIpc) is 3.45. The molecule has 1 aliphatic rings. The zero-order chi connectivity index (χ0) is 19.5. The Morgan fingerprint density at radius 2 is 1.44 bits per heavy atom. The highest BCUT2D eigenvalue weighted by molar-refractivity contribution is 7.90. The first-order valence-corrected chi connectivity index (χ1v) is 11.9. The lowest BCUT2D eigenvalue weighted by Crippen LogP contribution is -2.27. The summed E-state index contributed by atoms with van der Waals surface area (Å²) in [7, 11) is -7.26. The van der Waals surface area contributed by atoms with Crippen molar-refractivity contribution in [1.29, 1.82) is 0 Å². The van der Waals surface area contributed by atoms with E-state index in [4.69, 9.17) is 0 Å². The Hall–Kier alpha value is -1.74. The van der Waals surface area contributed by atoms with Crippen molar-refractivity contribution in [3.05, 3.63) is 60.2 Å². The molecule has 27 heavy (non-hydrogen) atoms. The van der Waals surface area contributed by atoms with E-state index < -0.39 is 20.0 Å². The van der Waals surface area contributed by atoms with Crippen molar-refractivity contribution >= 4 is 20.0 Å². The van der Waals surface area contributed by atoms with E-state index in [1.54, 1.807) is 0 Å². The lowest BCUT2D eigenvalue weighted by atomic mass is 9.98. The van der Waals surface area contributed by atoms with Crippen LogP contribution in [0.2, 0.25) is 0 Å². The first kappa shape index (κ1) is 20.0. The van der Waals surface area contributed by atoms with Crippen LogP contribution in [0.25, 0.3) is 0 Å². The molecule has 1 saturated carbocycles. The number of benzene rings is 2. The van der Waals surface area contributed by atoms with Gasteiger partial charge < -0.3 is 0 Å². The van der Waals surface area contributed by atoms with Gasteiger partial charge in [0.2, 0.25) is 20.0 Å². The van der Waals surface area contributed by atoms with E-state index in [1.807, 2.05) is 30.3 Å². The highest BCUT2D eigenvalue weighted by Gasteiger charge is 2.28. The molecule has 2 N–H and O–H groups in total. The quantitative estimate of drug-likeness (QED) is 0.667. The fourth-order valence-electron chi connectivity index (χ4n) is 2.73. The smallest absolute Gasteiger partial charge is 0.211 e. The summed E-state index contributed by atoms with van der Waals surface area (Å²) in [5.74, 6) is 0.231. The van der Waals surface area contributed by atoms with Gasteiger partial charge in [0.1, 0.15) is 0 Å². The molecule has 3 rings (SSSR count). The van der Waals surface area contributed by atoms with Gasteiger partial charge in [0.15, 0.2) is 0 Å². The molecular formula is C19H24N2O4S2. The molecule has 0 bridgehead atoms. The van der Waals surface area contributed by atoms with Crippen LogP contribution in [0.15, 0.2) is 64.4 Å². The van der Waals surface area contributed by atoms with Crippen molar-refractivity contribution in [2.24, 2.45) is 0 Å². The van der Waals surface area contributed by atoms with E-state index in [2.05, 4.69) is 16.4 Å². The summed E-state index contributed by atoms with van der Waals surface area (Å²) in [5, 5.41) is 0. The van der Waals surface area contributed by atoms with Crippen LogP contribution in [0.5, 0.6) is 0 Å². The largest absolute Gasteiger partial charge is 0.240 e. The zero-order valence-electron chi connectivity index (χ0n) is 15.1. The number of hydrogen-bond acceptors (Lipinski definition) is 4. The average molecular weight is 409 g/mol. The SMILES string of the molecule is CC(CCNS(=O)(=O)c1ccc(S(=O)(=O)NC2CC2)cc1)c1ccccc1. The second-order valence-electron chi connectivity index (χ2n) is 6.87. The first-order chi connectivity index (χ1) is 12.8. The minimum absolute atomic E-state index is 0.00619. The predicted molar refractivity (Wildman–Crippen MR) is 104 cm³/mol. The highest BCUT2D eigenvalue weighted by atomic mass is 32.2. The summed E-state index contributed by atoms with van der Waals surface area (Å²) in [5.41, 5.74) is 1.16. The standard InChI is InChI=1S/C19H24N2O4S2/c1-15(16-5-3-2-4-6-16)13-14-20-26(22,23)18-9-11-19(12-10-18)27(24,25)21-17-7-8-17/h2-6,9-12,15,17,20-21H,7-8,13-14H2,1H3. The van der Waals surface area contributed by atoms with Crippen LogP contribution >= 0.6 is 0 Å². The summed E-state index contributed by atoms with van der Waals surface area (Å²) in [6.07, 6.45) is 2.36. The molecule has 1 unspecified atom stereocenters. The van der Waals surface area contributed by atoms with Gasteiger partial charge in [-0.15, -0.1) is 0 Å². The highest BCUT2D eigenvalue weighted by Crippen LogP contribution is 2.23. The molecule has 0 spiro atoms. The maximum absolute atomic E-state index is 12.4. The van der Waals surface area contributed by atoms with Crippen LogP contribution in [0.1, 0.15) is 37.7 Å². The van der Waals surface area contributed by atoms with E-state index in [9.17, 15) is 16.8 Å². The Morgan fingerprint density at radius 1 is 0.889 bits per heavy atom. The molecular weight excluding hydrogens is 384 g/mol. The monoisotopic (exact) mass is 408 g/mol. The van der Waals surface area contributed by atoms with E-state index >= 15 is 0 Å². The van der Waals surface area contributed by atoms with Crippen LogP contribution in [0.3, 0.4) is 0 Å². The first-order valence-electron chi connectivity index (χ1n) is 8.95. The van der Waals surface area contributed by atoms with Crippen LogP contribution in [-0.4, -0.2) is 29.4 Å². The van der Waals surface area contributed by atoms with Crippen LogP contribution < -0.4 is 9.44 Å². The van der Waals surface area contributed by atoms with E-state index in [1.165, 1.54) is 24.3 Å². The molecule has 0 heterocycles. The second-order valence-corrected chi connectivity index (χ2v) is 10.3. The maximum Gasteiger partial charge on any atom is 0.240 e. The molecule has 8 heteroatoms. The number of sulfonamides is 2. The van der Waals surface area contributed by atoms with Gasteiger partial charge in [0.25, 0.3) is 0 Å². The fourth-order valence-corrected chi connectivity index (χ4v) is 5.08. The van der Waals surface area contributed by atoms with Crippen molar-refractivity contribution in [3.8, 4) is 0 Å². The fraction of sp³-hybridized carbons (Fsp3) is 0.368. The normalized spacial score (nSPS) is 16.2. The van der Waals surface area contributed by atoms with Gasteiger partial charge >= 0.3 is 0 Å². The Balaban J connectivity index is 1.59. The Labute approximate surface area is 161 Å². The van der Waals surface area contributed by atoms with E-state index in [-0.39, 0.29) is 21.8 Å². The molecule has 1 aliphatic carbocycles. The van der Waals surface area contributed by atoms with Crippen molar-refractivity contribution in [2.75, 3.05) is 6.54 Å². The van der Waals surface area contributed by atoms with Gasteiger partial charge in [0.05, 0.1) is 9.79 Å². The molecule has 0 radical (unpaired) electrons. The molecule has 1 fully saturated rings. The van der Waals surface area contributed by atoms with Crippen molar-refractivity contribution < 1.29 is 16.8 Å². The minimum Gasteiger partial charge on any atom is -0.211 e. The lowest BCUT2D eigenvalue weighted by molar-refractivity contribution is 0.571. The third-order valence-corrected chi connectivity index (χ3v) is 7.59. The second kappa shape index (κ2) is 8.10. The molecule has 6 nitrogen and oxygen atoms in total.